The summed E-state index contributed by atoms with van der Waals surface area (Å²) in [6.07, 6.45) is 1.82. The van der Waals surface area contributed by atoms with Crippen LogP contribution in [-0.4, -0.2) is 31.9 Å². The van der Waals surface area contributed by atoms with Gasteiger partial charge in [-0.25, -0.2) is 8.42 Å². The highest BCUT2D eigenvalue weighted by Crippen LogP contribution is 2.36. The molecule has 1 aromatic carbocycles. The molecular formula is C15H23BrN2O2S. The van der Waals surface area contributed by atoms with Gasteiger partial charge < -0.3 is 5.32 Å². The van der Waals surface area contributed by atoms with Crippen LogP contribution in [0.2, 0.25) is 0 Å². The van der Waals surface area contributed by atoms with Crippen LogP contribution in [-0.2, 0) is 16.6 Å². The van der Waals surface area contributed by atoms with Crippen LogP contribution in [0.5, 0.6) is 0 Å². The van der Waals surface area contributed by atoms with E-state index in [-0.39, 0.29) is 5.54 Å². The fourth-order valence-electron chi connectivity index (χ4n) is 2.93. The van der Waals surface area contributed by atoms with E-state index in [1.54, 1.807) is 10.4 Å². The molecule has 0 radical (unpaired) electrons. The molecule has 1 aliphatic rings. The van der Waals surface area contributed by atoms with Crippen LogP contribution in [0.15, 0.2) is 21.5 Å². The molecule has 1 aromatic rings. The van der Waals surface area contributed by atoms with E-state index in [4.69, 9.17) is 0 Å². The largest absolute Gasteiger partial charge is 0.316 e. The van der Waals surface area contributed by atoms with E-state index in [0.29, 0.717) is 18.0 Å². The van der Waals surface area contributed by atoms with Gasteiger partial charge in [0.05, 0.1) is 4.90 Å². The zero-order chi connectivity index (χ0) is 15.8. The summed E-state index contributed by atoms with van der Waals surface area (Å²) in [5, 5.41) is 3.07. The Bertz CT molecular complexity index is 641. The number of sulfonamides is 1. The monoisotopic (exact) mass is 374 g/mol. The summed E-state index contributed by atoms with van der Waals surface area (Å²) in [4.78, 5) is 0.414. The Balaban J connectivity index is 2.54. The Kier molecular flexibility index (Phi) is 4.83. The van der Waals surface area contributed by atoms with E-state index in [1.807, 2.05) is 33.9 Å². The molecule has 0 amide bonds. The molecule has 0 aliphatic carbocycles. The van der Waals surface area contributed by atoms with E-state index in [2.05, 4.69) is 21.2 Å². The van der Waals surface area contributed by atoms with Gasteiger partial charge in [0.25, 0.3) is 0 Å². The number of rotatable bonds is 4. The first-order valence-electron chi connectivity index (χ1n) is 7.16. The summed E-state index contributed by atoms with van der Waals surface area (Å²) in [6.45, 7) is 7.09. The first kappa shape index (κ1) is 16.9. The minimum atomic E-state index is -3.46. The number of nitrogens with one attached hydrogen (secondary N) is 1. The van der Waals surface area contributed by atoms with Gasteiger partial charge in [-0.1, -0.05) is 15.9 Å². The molecule has 1 fully saturated rings. The molecule has 0 atom stereocenters. The van der Waals surface area contributed by atoms with E-state index < -0.39 is 10.0 Å². The molecule has 1 aliphatic heterocycles. The third kappa shape index (κ3) is 3.18. The van der Waals surface area contributed by atoms with E-state index >= 15 is 0 Å². The zero-order valence-corrected chi connectivity index (χ0v) is 15.4. The fourth-order valence-corrected chi connectivity index (χ4v) is 5.71. The van der Waals surface area contributed by atoms with E-state index in [1.165, 1.54) is 0 Å². The van der Waals surface area contributed by atoms with Crippen molar-refractivity contribution in [2.75, 3.05) is 13.6 Å². The van der Waals surface area contributed by atoms with Gasteiger partial charge >= 0.3 is 0 Å². The van der Waals surface area contributed by atoms with Gasteiger partial charge in [0, 0.05) is 23.1 Å². The SMILES string of the molecule is CNCc1cc(Br)c(C)c(S(=O)(=O)N2CCCC2(C)C)c1. The van der Waals surface area contributed by atoms with Gasteiger partial charge in [-0.05, 0) is 63.9 Å². The van der Waals surface area contributed by atoms with Crippen molar-refractivity contribution in [2.24, 2.45) is 0 Å². The average Bonchev–Trinajstić information content (AvgIpc) is 2.74. The summed E-state index contributed by atoms with van der Waals surface area (Å²) in [5.41, 5.74) is 1.43. The second-order valence-electron chi connectivity index (χ2n) is 6.22. The summed E-state index contributed by atoms with van der Waals surface area (Å²) in [6, 6.07) is 3.76. The Labute approximate surface area is 136 Å². The lowest BCUT2D eigenvalue weighted by atomic mass is 10.0. The molecule has 0 aromatic heterocycles. The van der Waals surface area contributed by atoms with Gasteiger partial charge in [-0.15, -0.1) is 0 Å². The van der Waals surface area contributed by atoms with Crippen molar-refractivity contribution in [1.29, 1.82) is 0 Å². The number of nitrogens with zero attached hydrogens (tertiary/aromatic N) is 1. The normalized spacial score (nSPS) is 19.1. The first-order valence-corrected chi connectivity index (χ1v) is 9.40. The van der Waals surface area contributed by atoms with Gasteiger partial charge in [0.1, 0.15) is 0 Å². The van der Waals surface area contributed by atoms with Gasteiger partial charge in [-0.3, -0.25) is 0 Å². The second-order valence-corrected chi connectivity index (χ2v) is 8.91. The Hall–Kier alpha value is -0.430. The maximum Gasteiger partial charge on any atom is 0.243 e. The van der Waals surface area contributed by atoms with Crippen LogP contribution < -0.4 is 5.32 Å². The summed E-state index contributed by atoms with van der Waals surface area (Å²) in [5.74, 6) is 0. The maximum atomic E-state index is 13.1. The lowest BCUT2D eigenvalue weighted by molar-refractivity contribution is 0.291. The van der Waals surface area contributed by atoms with Crippen LogP contribution in [0.4, 0.5) is 0 Å². The van der Waals surface area contributed by atoms with Crippen molar-refractivity contribution in [3.8, 4) is 0 Å². The lowest BCUT2D eigenvalue weighted by Gasteiger charge is -2.31. The molecule has 0 spiro atoms. The number of benzene rings is 1. The Morgan fingerprint density at radius 3 is 2.57 bits per heavy atom. The predicted molar refractivity (Wildman–Crippen MR) is 88.8 cm³/mol. The third-order valence-corrected chi connectivity index (χ3v) is 7.19. The average molecular weight is 375 g/mol. The summed E-state index contributed by atoms with van der Waals surface area (Å²) in [7, 11) is -1.61. The molecule has 21 heavy (non-hydrogen) atoms. The van der Waals surface area contributed by atoms with Crippen LogP contribution in [0.3, 0.4) is 0 Å². The zero-order valence-electron chi connectivity index (χ0n) is 13.0. The fraction of sp³-hybridized carbons (Fsp3) is 0.600. The minimum absolute atomic E-state index is 0.309. The van der Waals surface area contributed by atoms with Crippen molar-refractivity contribution < 1.29 is 8.42 Å². The summed E-state index contributed by atoms with van der Waals surface area (Å²) < 4.78 is 28.6. The highest BCUT2D eigenvalue weighted by atomic mass is 79.9. The molecule has 118 valence electrons. The van der Waals surface area contributed by atoms with Crippen molar-refractivity contribution in [2.45, 2.75) is 50.6 Å². The topological polar surface area (TPSA) is 49.4 Å². The van der Waals surface area contributed by atoms with Crippen molar-refractivity contribution >= 4 is 26.0 Å². The molecule has 1 heterocycles. The van der Waals surface area contributed by atoms with Crippen LogP contribution in [0.25, 0.3) is 0 Å². The quantitative estimate of drug-likeness (QED) is 0.880. The van der Waals surface area contributed by atoms with Crippen LogP contribution in [0.1, 0.15) is 37.8 Å². The van der Waals surface area contributed by atoms with Crippen molar-refractivity contribution in [3.05, 3.63) is 27.7 Å². The van der Waals surface area contributed by atoms with E-state index in [0.717, 1.165) is 28.4 Å². The number of hydrogen-bond donors (Lipinski definition) is 1. The highest BCUT2D eigenvalue weighted by Gasteiger charge is 2.41. The van der Waals surface area contributed by atoms with Crippen molar-refractivity contribution in [1.82, 2.24) is 9.62 Å². The molecule has 6 heteroatoms. The third-order valence-electron chi connectivity index (χ3n) is 4.13. The van der Waals surface area contributed by atoms with Gasteiger partial charge in [-0.2, -0.15) is 4.31 Å². The maximum absolute atomic E-state index is 13.1. The molecule has 4 nitrogen and oxygen atoms in total. The standard InChI is InChI=1S/C15H23BrN2O2S/c1-11-13(16)8-12(10-17-4)9-14(11)21(19,20)18-7-5-6-15(18,2)3/h8-9,17H,5-7,10H2,1-4H3. The number of hydrogen-bond acceptors (Lipinski definition) is 3. The minimum Gasteiger partial charge on any atom is -0.316 e. The van der Waals surface area contributed by atoms with Crippen LogP contribution >= 0.6 is 15.9 Å². The molecule has 0 saturated carbocycles. The van der Waals surface area contributed by atoms with E-state index in [9.17, 15) is 8.42 Å². The molecule has 2 rings (SSSR count). The highest BCUT2D eigenvalue weighted by molar-refractivity contribution is 9.10. The molecular weight excluding hydrogens is 352 g/mol. The van der Waals surface area contributed by atoms with Gasteiger partial charge in [0.15, 0.2) is 0 Å². The first-order chi connectivity index (χ1) is 9.70. The van der Waals surface area contributed by atoms with Crippen LogP contribution in [0, 0.1) is 6.92 Å². The smallest absolute Gasteiger partial charge is 0.243 e. The molecule has 1 N–H and O–H groups in total. The second kappa shape index (κ2) is 5.99. The number of halogens is 1. The van der Waals surface area contributed by atoms with Gasteiger partial charge in [0.2, 0.25) is 10.0 Å². The van der Waals surface area contributed by atoms with Crippen molar-refractivity contribution in [3.63, 3.8) is 0 Å². The molecule has 1 saturated heterocycles. The lowest BCUT2D eigenvalue weighted by Crippen LogP contribution is -2.42. The molecule has 0 bridgehead atoms. The Morgan fingerprint density at radius 2 is 2.05 bits per heavy atom. The Morgan fingerprint density at radius 1 is 1.38 bits per heavy atom. The predicted octanol–water partition coefficient (Wildman–Crippen LogP) is 3.04. The molecule has 0 unspecified atom stereocenters. The summed E-state index contributed by atoms with van der Waals surface area (Å²) >= 11 is 3.49.